The third-order valence-electron chi connectivity index (χ3n) is 2.00. The van der Waals surface area contributed by atoms with Gasteiger partial charge in [-0.3, -0.25) is 15.3 Å². The minimum absolute atomic E-state index is 0.209. The van der Waals surface area contributed by atoms with Crippen molar-refractivity contribution in [1.29, 1.82) is 5.41 Å². The first kappa shape index (κ1) is 10.7. The van der Waals surface area contributed by atoms with Crippen molar-refractivity contribution in [2.45, 2.75) is 13.5 Å². The summed E-state index contributed by atoms with van der Waals surface area (Å²) >= 11 is 0. The van der Waals surface area contributed by atoms with E-state index in [4.69, 9.17) is 11.1 Å². The van der Waals surface area contributed by atoms with Gasteiger partial charge >= 0.3 is 0 Å². The number of amidine groups is 1. The highest BCUT2D eigenvalue weighted by Gasteiger charge is 2.04. The van der Waals surface area contributed by atoms with E-state index in [1.165, 1.54) is 5.56 Å². The summed E-state index contributed by atoms with van der Waals surface area (Å²) in [6.45, 7) is 4.30. The molecule has 0 saturated carbocycles. The van der Waals surface area contributed by atoms with E-state index >= 15 is 0 Å². The zero-order valence-corrected chi connectivity index (χ0v) is 8.40. The van der Waals surface area contributed by atoms with E-state index in [-0.39, 0.29) is 5.84 Å². The maximum absolute atomic E-state index is 7.22. The SMILES string of the molecule is CCN(CC(=N)N)Cc1ccncc1. The minimum Gasteiger partial charge on any atom is -0.387 e. The molecule has 0 aliphatic heterocycles. The molecule has 1 aromatic heterocycles. The maximum atomic E-state index is 7.22. The summed E-state index contributed by atoms with van der Waals surface area (Å²) in [7, 11) is 0. The molecule has 14 heavy (non-hydrogen) atoms. The van der Waals surface area contributed by atoms with E-state index in [0.717, 1.165) is 13.1 Å². The predicted octanol–water partition coefficient (Wildman–Crippen LogP) is 0.839. The van der Waals surface area contributed by atoms with Crippen molar-refractivity contribution in [3.63, 3.8) is 0 Å². The van der Waals surface area contributed by atoms with Gasteiger partial charge in [0.1, 0.15) is 5.84 Å². The summed E-state index contributed by atoms with van der Waals surface area (Å²) in [5.74, 6) is 0.209. The fourth-order valence-electron chi connectivity index (χ4n) is 1.27. The zero-order valence-electron chi connectivity index (χ0n) is 8.40. The molecule has 0 aromatic carbocycles. The molecule has 76 valence electrons. The van der Waals surface area contributed by atoms with Crippen molar-refractivity contribution >= 4 is 5.84 Å². The van der Waals surface area contributed by atoms with E-state index in [1.54, 1.807) is 12.4 Å². The van der Waals surface area contributed by atoms with Crippen LogP contribution in [0.1, 0.15) is 12.5 Å². The second-order valence-corrected chi connectivity index (χ2v) is 3.18. The summed E-state index contributed by atoms with van der Waals surface area (Å²) < 4.78 is 0. The Morgan fingerprint density at radius 3 is 2.64 bits per heavy atom. The lowest BCUT2D eigenvalue weighted by Crippen LogP contribution is -2.32. The molecule has 1 aromatic rings. The third kappa shape index (κ3) is 3.53. The average molecular weight is 192 g/mol. The highest BCUT2D eigenvalue weighted by molar-refractivity contribution is 5.78. The molecule has 0 aliphatic rings. The number of hydrogen-bond acceptors (Lipinski definition) is 3. The lowest BCUT2D eigenvalue weighted by Gasteiger charge is -2.19. The van der Waals surface area contributed by atoms with Crippen LogP contribution in [0.25, 0.3) is 0 Å². The molecule has 0 amide bonds. The highest BCUT2D eigenvalue weighted by Crippen LogP contribution is 2.01. The molecule has 0 saturated heterocycles. The number of hydrogen-bond donors (Lipinski definition) is 2. The van der Waals surface area contributed by atoms with Crippen molar-refractivity contribution in [2.75, 3.05) is 13.1 Å². The Morgan fingerprint density at radius 2 is 2.14 bits per heavy atom. The summed E-state index contributed by atoms with van der Waals surface area (Å²) in [6, 6.07) is 3.95. The monoisotopic (exact) mass is 192 g/mol. The summed E-state index contributed by atoms with van der Waals surface area (Å²) in [5, 5.41) is 7.22. The van der Waals surface area contributed by atoms with Crippen molar-refractivity contribution in [3.8, 4) is 0 Å². The van der Waals surface area contributed by atoms with E-state index in [2.05, 4.69) is 16.8 Å². The van der Waals surface area contributed by atoms with Gasteiger partial charge in [-0.1, -0.05) is 6.92 Å². The van der Waals surface area contributed by atoms with E-state index in [9.17, 15) is 0 Å². The molecular weight excluding hydrogens is 176 g/mol. The molecule has 4 heteroatoms. The van der Waals surface area contributed by atoms with Gasteiger partial charge in [-0.2, -0.15) is 0 Å². The van der Waals surface area contributed by atoms with E-state index < -0.39 is 0 Å². The van der Waals surface area contributed by atoms with Gasteiger partial charge in [-0.25, -0.2) is 0 Å². The fraction of sp³-hybridized carbons (Fsp3) is 0.400. The van der Waals surface area contributed by atoms with Crippen LogP contribution in [0.5, 0.6) is 0 Å². The van der Waals surface area contributed by atoms with Crippen LogP contribution in [0, 0.1) is 5.41 Å². The van der Waals surface area contributed by atoms with Crippen molar-refractivity contribution in [3.05, 3.63) is 30.1 Å². The van der Waals surface area contributed by atoms with Crippen LogP contribution in [-0.4, -0.2) is 28.8 Å². The Balaban J connectivity index is 2.53. The van der Waals surface area contributed by atoms with Crippen LogP contribution < -0.4 is 5.73 Å². The number of aromatic nitrogens is 1. The smallest absolute Gasteiger partial charge is 0.105 e. The first-order chi connectivity index (χ1) is 6.72. The third-order valence-corrected chi connectivity index (χ3v) is 2.00. The molecule has 0 bridgehead atoms. The van der Waals surface area contributed by atoms with Gasteiger partial charge in [0.15, 0.2) is 0 Å². The molecule has 1 rings (SSSR count). The highest BCUT2D eigenvalue weighted by atomic mass is 15.1. The van der Waals surface area contributed by atoms with Gasteiger partial charge in [-0.15, -0.1) is 0 Å². The summed E-state index contributed by atoms with van der Waals surface area (Å²) in [4.78, 5) is 6.06. The number of rotatable bonds is 5. The van der Waals surface area contributed by atoms with Gasteiger partial charge in [-0.05, 0) is 24.2 Å². The predicted molar refractivity (Wildman–Crippen MR) is 57.1 cm³/mol. The van der Waals surface area contributed by atoms with E-state index in [0.29, 0.717) is 6.54 Å². The van der Waals surface area contributed by atoms with Crippen molar-refractivity contribution in [2.24, 2.45) is 5.73 Å². The van der Waals surface area contributed by atoms with Gasteiger partial charge < -0.3 is 5.73 Å². The lowest BCUT2D eigenvalue weighted by molar-refractivity contribution is 0.319. The van der Waals surface area contributed by atoms with Gasteiger partial charge in [0.2, 0.25) is 0 Å². The van der Waals surface area contributed by atoms with Crippen LogP contribution >= 0.6 is 0 Å². The number of nitrogens with two attached hydrogens (primary N) is 1. The largest absolute Gasteiger partial charge is 0.387 e. The van der Waals surface area contributed by atoms with Gasteiger partial charge in [0, 0.05) is 18.9 Å². The minimum atomic E-state index is 0.209. The zero-order chi connectivity index (χ0) is 10.4. The molecular formula is C10H16N4. The topological polar surface area (TPSA) is 66.0 Å². The summed E-state index contributed by atoms with van der Waals surface area (Å²) in [5.41, 5.74) is 6.55. The standard InChI is InChI=1S/C10H16N4/c1-2-14(8-10(11)12)7-9-3-5-13-6-4-9/h3-6H,2,7-8H2,1H3,(H3,11,12). The number of likely N-dealkylation sites (N-methyl/N-ethyl adjacent to an activating group) is 1. The van der Waals surface area contributed by atoms with Crippen molar-refractivity contribution in [1.82, 2.24) is 9.88 Å². The first-order valence-corrected chi connectivity index (χ1v) is 4.66. The first-order valence-electron chi connectivity index (χ1n) is 4.66. The maximum Gasteiger partial charge on any atom is 0.105 e. The molecule has 0 aliphatic carbocycles. The van der Waals surface area contributed by atoms with Gasteiger partial charge in [0.05, 0.1) is 6.54 Å². The molecule has 0 fully saturated rings. The Labute approximate surface area is 84.3 Å². The summed E-state index contributed by atoms with van der Waals surface area (Å²) in [6.07, 6.45) is 3.55. The van der Waals surface area contributed by atoms with E-state index in [1.807, 2.05) is 12.1 Å². The Hall–Kier alpha value is -1.42. The number of nitrogens with one attached hydrogen (secondary N) is 1. The average Bonchev–Trinajstić information content (AvgIpc) is 2.17. The van der Waals surface area contributed by atoms with Gasteiger partial charge in [0.25, 0.3) is 0 Å². The Bertz CT molecular complexity index is 283. The number of nitrogens with zero attached hydrogens (tertiary/aromatic N) is 2. The van der Waals surface area contributed by atoms with Crippen LogP contribution in [0.15, 0.2) is 24.5 Å². The molecule has 1 heterocycles. The molecule has 0 atom stereocenters. The van der Waals surface area contributed by atoms with Crippen LogP contribution in [0.4, 0.5) is 0 Å². The van der Waals surface area contributed by atoms with Crippen molar-refractivity contribution < 1.29 is 0 Å². The lowest BCUT2D eigenvalue weighted by atomic mass is 10.2. The number of pyridine rings is 1. The fourth-order valence-corrected chi connectivity index (χ4v) is 1.27. The molecule has 0 radical (unpaired) electrons. The molecule has 3 N–H and O–H groups in total. The molecule has 4 nitrogen and oxygen atoms in total. The molecule has 0 unspecified atom stereocenters. The second kappa shape index (κ2) is 5.34. The Kier molecular flexibility index (Phi) is 4.07. The normalized spacial score (nSPS) is 10.4. The quantitative estimate of drug-likeness (QED) is 0.536. The van der Waals surface area contributed by atoms with Crippen LogP contribution in [-0.2, 0) is 6.54 Å². The Morgan fingerprint density at radius 1 is 1.50 bits per heavy atom. The van der Waals surface area contributed by atoms with Crippen LogP contribution in [0.2, 0.25) is 0 Å². The second-order valence-electron chi connectivity index (χ2n) is 3.18. The molecule has 0 spiro atoms. The van der Waals surface area contributed by atoms with Crippen LogP contribution in [0.3, 0.4) is 0 Å².